The van der Waals surface area contributed by atoms with Gasteiger partial charge in [-0.2, -0.15) is 0 Å². The van der Waals surface area contributed by atoms with Crippen molar-refractivity contribution in [3.63, 3.8) is 0 Å². The number of carbonyl (C=O) groups is 1. The van der Waals surface area contributed by atoms with Crippen LogP contribution in [0.3, 0.4) is 0 Å². The number of aromatic carboxylic acids is 1. The van der Waals surface area contributed by atoms with Crippen LogP contribution in [0.25, 0.3) is 0 Å². The van der Waals surface area contributed by atoms with Crippen molar-refractivity contribution in [3.05, 3.63) is 54.1 Å². The van der Waals surface area contributed by atoms with E-state index in [-0.39, 0.29) is 5.54 Å². The Morgan fingerprint density at radius 3 is 2.63 bits per heavy atom. The maximum Gasteiger partial charge on any atom is 0.335 e. The third-order valence-electron chi connectivity index (χ3n) is 7.22. The molecule has 5 nitrogen and oxygen atoms in total. The molecule has 1 atom stereocenters. The van der Waals surface area contributed by atoms with Crippen LogP contribution in [-0.4, -0.2) is 35.4 Å². The second-order valence-electron chi connectivity index (χ2n) is 8.81. The Balaban J connectivity index is 1.41. The molecule has 5 rings (SSSR count). The van der Waals surface area contributed by atoms with Gasteiger partial charge in [0.2, 0.25) is 0 Å². The first kappa shape index (κ1) is 19.2. The third-order valence-corrected chi connectivity index (χ3v) is 7.22. The molecule has 2 aliphatic carbocycles. The molecule has 0 saturated heterocycles. The fourth-order valence-electron chi connectivity index (χ4n) is 5.90. The van der Waals surface area contributed by atoms with Crippen LogP contribution >= 0.6 is 0 Å². The van der Waals surface area contributed by atoms with E-state index in [9.17, 15) is 4.79 Å². The van der Waals surface area contributed by atoms with Crippen molar-refractivity contribution in [2.75, 3.05) is 23.3 Å². The molecule has 2 fully saturated rings. The van der Waals surface area contributed by atoms with E-state index in [0.717, 1.165) is 30.9 Å². The highest BCUT2D eigenvalue weighted by Gasteiger charge is 2.50. The molecule has 2 N–H and O–H groups in total. The minimum Gasteiger partial charge on any atom is -0.478 e. The van der Waals surface area contributed by atoms with Gasteiger partial charge in [0, 0.05) is 35.9 Å². The van der Waals surface area contributed by atoms with Gasteiger partial charge in [0.25, 0.3) is 0 Å². The summed E-state index contributed by atoms with van der Waals surface area (Å²) in [6, 6.07) is 15.6. The summed E-state index contributed by atoms with van der Waals surface area (Å²) in [5.41, 5.74) is 5.28. The lowest BCUT2D eigenvalue weighted by molar-refractivity contribution is 0.0697. The zero-order valence-corrected chi connectivity index (χ0v) is 17.3. The molecule has 1 unspecified atom stereocenters. The predicted molar refractivity (Wildman–Crippen MR) is 121 cm³/mol. The first-order valence-electron chi connectivity index (χ1n) is 11.2. The van der Waals surface area contributed by atoms with Crippen molar-refractivity contribution in [3.8, 4) is 0 Å². The van der Waals surface area contributed by atoms with Crippen molar-refractivity contribution in [1.29, 1.82) is 0 Å². The van der Waals surface area contributed by atoms with Crippen molar-refractivity contribution in [1.82, 2.24) is 0 Å². The number of benzene rings is 2. The number of carboxylic acid groups (broad SMARTS) is 1. The van der Waals surface area contributed by atoms with E-state index >= 15 is 0 Å². The zero-order valence-electron chi connectivity index (χ0n) is 17.3. The molecule has 156 valence electrons. The number of fused-ring (bicyclic) bond motifs is 3. The Morgan fingerprint density at radius 2 is 1.87 bits per heavy atom. The molecule has 3 aliphatic rings. The molecule has 0 radical (unpaired) electrons. The fraction of sp³-hybridized carbons (Fsp3) is 0.440. The second kappa shape index (κ2) is 7.78. The molecule has 0 aromatic heterocycles. The number of aliphatic imine (C=N–C) groups is 1. The van der Waals surface area contributed by atoms with Gasteiger partial charge < -0.3 is 15.3 Å². The SMILES string of the molecule is O=C(O)c1ccc(NCCN2c3ccccc3N=C3CCCC3C23CCCC3)cc1. The summed E-state index contributed by atoms with van der Waals surface area (Å²) >= 11 is 0. The lowest BCUT2D eigenvalue weighted by atomic mass is 9.78. The van der Waals surface area contributed by atoms with E-state index < -0.39 is 5.97 Å². The van der Waals surface area contributed by atoms with Crippen LogP contribution in [0.5, 0.6) is 0 Å². The number of para-hydroxylation sites is 2. The highest BCUT2D eigenvalue weighted by atomic mass is 16.4. The molecule has 2 aromatic carbocycles. The average Bonchev–Trinajstić information content (AvgIpc) is 3.40. The van der Waals surface area contributed by atoms with Crippen molar-refractivity contribution >= 4 is 28.7 Å². The van der Waals surface area contributed by atoms with Gasteiger partial charge in [-0.1, -0.05) is 25.0 Å². The summed E-state index contributed by atoms with van der Waals surface area (Å²) in [6.45, 7) is 1.72. The quantitative estimate of drug-likeness (QED) is 0.692. The Hall–Kier alpha value is -2.82. The molecule has 2 saturated carbocycles. The lowest BCUT2D eigenvalue weighted by Crippen LogP contribution is -2.54. The van der Waals surface area contributed by atoms with E-state index in [1.807, 2.05) is 12.1 Å². The summed E-state index contributed by atoms with van der Waals surface area (Å²) in [6.07, 6.45) is 8.75. The van der Waals surface area contributed by atoms with Crippen LogP contribution in [0.1, 0.15) is 55.3 Å². The van der Waals surface area contributed by atoms with Gasteiger partial charge in [-0.3, -0.25) is 4.99 Å². The molecule has 5 heteroatoms. The summed E-state index contributed by atoms with van der Waals surface area (Å²) in [4.78, 5) is 18.9. The average molecular weight is 404 g/mol. The van der Waals surface area contributed by atoms with Crippen LogP contribution in [0, 0.1) is 5.92 Å². The number of nitrogens with zero attached hydrogens (tertiary/aromatic N) is 2. The van der Waals surface area contributed by atoms with Gasteiger partial charge in [0.1, 0.15) is 0 Å². The van der Waals surface area contributed by atoms with E-state index in [0.29, 0.717) is 11.5 Å². The van der Waals surface area contributed by atoms with Crippen molar-refractivity contribution in [2.24, 2.45) is 10.9 Å². The third kappa shape index (κ3) is 3.26. The standard InChI is InChI=1S/C25H29N3O2/c29-24(30)18-10-12-19(13-11-18)26-16-17-28-23-9-2-1-7-22(23)27-21-8-5-6-20(21)25(28)14-3-4-15-25/h1-2,7,9-13,20,26H,3-6,8,14-17H2,(H,29,30). The van der Waals surface area contributed by atoms with Gasteiger partial charge in [-0.15, -0.1) is 0 Å². The minimum absolute atomic E-state index is 0.191. The Bertz CT molecular complexity index is 961. The maximum absolute atomic E-state index is 11.1. The Morgan fingerprint density at radius 1 is 1.10 bits per heavy atom. The van der Waals surface area contributed by atoms with Gasteiger partial charge in [0.15, 0.2) is 0 Å². The molecular weight excluding hydrogens is 374 g/mol. The summed E-state index contributed by atoms with van der Waals surface area (Å²) in [7, 11) is 0. The lowest BCUT2D eigenvalue weighted by Gasteiger charge is -2.46. The van der Waals surface area contributed by atoms with Crippen molar-refractivity contribution < 1.29 is 9.90 Å². The molecule has 0 bridgehead atoms. The number of nitrogens with one attached hydrogen (secondary N) is 1. The molecular formula is C25H29N3O2. The van der Waals surface area contributed by atoms with Gasteiger partial charge in [-0.05, 0) is 68.5 Å². The summed E-state index contributed by atoms with van der Waals surface area (Å²) < 4.78 is 0. The van der Waals surface area contributed by atoms with Crippen LogP contribution < -0.4 is 10.2 Å². The normalized spacial score (nSPS) is 21.7. The van der Waals surface area contributed by atoms with E-state index in [1.165, 1.54) is 49.9 Å². The second-order valence-corrected chi connectivity index (χ2v) is 8.81. The van der Waals surface area contributed by atoms with Crippen LogP contribution in [0.4, 0.5) is 17.1 Å². The van der Waals surface area contributed by atoms with Crippen LogP contribution in [0.15, 0.2) is 53.5 Å². The first-order chi connectivity index (χ1) is 14.7. The van der Waals surface area contributed by atoms with Crippen molar-refractivity contribution in [2.45, 2.75) is 50.5 Å². The van der Waals surface area contributed by atoms with E-state index in [1.54, 1.807) is 12.1 Å². The zero-order chi connectivity index (χ0) is 20.6. The molecule has 30 heavy (non-hydrogen) atoms. The molecule has 1 spiro atoms. The first-order valence-corrected chi connectivity index (χ1v) is 11.2. The summed E-state index contributed by atoms with van der Waals surface area (Å²) in [5, 5.41) is 12.6. The van der Waals surface area contributed by atoms with Crippen LogP contribution in [0.2, 0.25) is 0 Å². The molecule has 2 aromatic rings. The van der Waals surface area contributed by atoms with Gasteiger partial charge in [0.05, 0.1) is 16.9 Å². The molecule has 1 aliphatic heterocycles. The topological polar surface area (TPSA) is 64.9 Å². The number of hydrogen-bond acceptors (Lipinski definition) is 4. The van der Waals surface area contributed by atoms with Gasteiger partial charge >= 0.3 is 5.97 Å². The molecule has 0 amide bonds. The predicted octanol–water partition coefficient (Wildman–Crippen LogP) is 5.50. The smallest absolute Gasteiger partial charge is 0.335 e. The number of hydrogen-bond donors (Lipinski definition) is 2. The van der Waals surface area contributed by atoms with Gasteiger partial charge in [-0.25, -0.2) is 4.79 Å². The number of rotatable bonds is 5. The highest BCUT2D eigenvalue weighted by Crippen LogP contribution is 2.52. The summed E-state index contributed by atoms with van der Waals surface area (Å²) in [5.74, 6) is -0.319. The molecule has 1 heterocycles. The maximum atomic E-state index is 11.1. The van der Waals surface area contributed by atoms with E-state index in [2.05, 4.69) is 34.5 Å². The largest absolute Gasteiger partial charge is 0.478 e. The van der Waals surface area contributed by atoms with Crippen LogP contribution in [-0.2, 0) is 0 Å². The number of carboxylic acids is 1. The fourth-order valence-corrected chi connectivity index (χ4v) is 5.90. The number of anilines is 2. The van der Waals surface area contributed by atoms with E-state index in [4.69, 9.17) is 10.1 Å². The highest BCUT2D eigenvalue weighted by molar-refractivity contribution is 5.95. The Kier molecular flexibility index (Phi) is 4.97. The Labute approximate surface area is 177 Å². The minimum atomic E-state index is -0.890. The monoisotopic (exact) mass is 403 g/mol.